The van der Waals surface area contributed by atoms with Gasteiger partial charge in [0.05, 0.1) is 16.8 Å². The summed E-state index contributed by atoms with van der Waals surface area (Å²) in [6.45, 7) is 4.90. The van der Waals surface area contributed by atoms with Gasteiger partial charge >= 0.3 is 0 Å². The van der Waals surface area contributed by atoms with Gasteiger partial charge in [-0.25, -0.2) is 9.97 Å². The van der Waals surface area contributed by atoms with Gasteiger partial charge in [-0.15, -0.1) is 0 Å². The molecular weight excluding hydrogens is 352 g/mol. The van der Waals surface area contributed by atoms with E-state index in [1.165, 1.54) is 0 Å². The number of hydrogen-bond acceptors (Lipinski definition) is 3. The molecule has 0 saturated carbocycles. The van der Waals surface area contributed by atoms with E-state index in [0.29, 0.717) is 17.6 Å². The highest BCUT2D eigenvalue weighted by Gasteiger charge is 2.12. The molecule has 0 spiro atoms. The Bertz CT molecular complexity index is 619. The summed E-state index contributed by atoms with van der Waals surface area (Å²) in [5.41, 5.74) is 1.85. The van der Waals surface area contributed by atoms with Gasteiger partial charge in [-0.3, -0.25) is 0 Å². The van der Waals surface area contributed by atoms with Crippen molar-refractivity contribution in [1.82, 2.24) is 9.97 Å². The van der Waals surface area contributed by atoms with Gasteiger partial charge < -0.3 is 4.74 Å². The Hall–Kier alpha value is -1.13. The normalized spacial score (nSPS) is 10.7. The van der Waals surface area contributed by atoms with Gasteiger partial charge in [-0.05, 0) is 40.9 Å². The molecule has 0 atom stereocenters. The highest BCUT2D eigenvalue weighted by molar-refractivity contribution is 9.10. The van der Waals surface area contributed by atoms with E-state index in [2.05, 4.69) is 39.7 Å². The van der Waals surface area contributed by atoms with E-state index >= 15 is 0 Å². The Labute approximate surface area is 138 Å². The van der Waals surface area contributed by atoms with Gasteiger partial charge in [0, 0.05) is 5.56 Å². The smallest absolute Gasteiger partial charge is 0.161 e. The lowest BCUT2D eigenvalue weighted by Gasteiger charge is -2.09. The van der Waals surface area contributed by atoms with Crippen LogP contribution in [0, 0.1) is 0 Å². The predicted molar refractivity (Wildman–Crippen MR) is 90.0 cm³/mol. The van der Waals surface area contributed by atoms with Crippen LogP contribution in [0.5, 0.6) is 5.75 Å². The summed E-state index contributed by atoms with van der Waals surface area (Å²) in [7, 11) is 0. The molecular formula is C16H18BrClN2O. The molecule has 3 nitrogen and oxygen atoms in total. The molecule has 0 amide bonds. The van der Waals surface area contributed by atoms with E-state index in [4.69, 9.17) is 16.3 Å². The molecule has 2 rings (SSSR count). The third-order valence-corrected chi connectivity index (χ3v) is 4.27. The van der Waals surface area contributed by atoms with Crippen molar-refractivity contribution in [2.75, 3.05) is 6.61 Å². The molecule has 0 aliphatic carbocycles. The summed E-state index contributed by atoms with van der Waals surface area (Å²) in [6.07, 6.45) is 2.85. The maximum atomic E-state index is 6.20. The number of aromatic nitrogens is 2. The van der Waals surface area contributed by atoms with Crippen LogP contribution < -0.4 is 4.74 Å². The van der Waals surface area contributed by atoms with E-state index in [1.54, 1.807) is 0 Å². The molecule has 0 bridgehead atoms. The van der Waals surface area contributed by atoms with Crippen LogP contribution in [-0.2, 0) is 6.42 Å². The molecule has 112 valence electrons. The third kappa shape index (κ3) is 4.17. The number of rotatable bonds is 6. The fourth-order valence-corrected chi connectivity index (χ4v) is 2.50. The molecule has 1 heterocycles. The second-order valence-corrected chi connectivity index (χ2v) is 5.88. The summed E-state index contributed by atoms with van der Waals surface area (Å²) in [5, 5.41) is 0.448. The van der Waals surface area contributed by atoms with E-state index < -0.39 is 0 Å². The van der Waals surface area contributed by atoms with Crippen molar-refractivity contribution in [2.24, 2.45) is 0 Å². The molecule has 1 aromatic heterocycles. The maximum Gasteiger partial charge on any atom is 0.161 e. The third-order valence-electron chi connectivity index (χ3n) is 2.93. The first kappa shape index (κ1) is 16.2. The van der Waals surface area contributed by atoms with Crippen molar-refractivity contribution in [3.05, 3.63) is 39.6 Å². The Balaban J connectivity index is 2.37. The highest BCUT2D eigenvalue weighted by atomic mass is 79.9. The van der Waals surface area contributed by atoms with Crippen LogP contribution in [0.2, 0.25) is 5.15 Å². The van der Waals surface area contributed by atoms with E-state index in [1.807, 2.05) is 24.3 Å². The van der Waals surface area contributed by atoms with E-state index in [0.717, 1.165) is 40.7 Å². The van der Waals surface area contributed by atoms with Gasteiger partial charge in [-0.1, -0.05) is 44.0 Å². The van der Waals surface area contributed by atoms with Gasteiger partial charge in [0.1, 0.15) is 10.9 Å². The Morgan fingerprint density at radius 3 is 2.71 bits per heavy atom. The minimum Gasteiger partial charge on any atom is -0.494 e. The van der Waals surface area contributed by atoms with Crippen LogP contribution in [0.4, 0.5) is 0 Å². The fraction of sp³-hybridized carbons (Fsp3) is 0.375. The van der Waals surface area contributed by atoms with Crippen molar-refractivity contribution in [3.63, 3.8) is 0 Å². The number of halogens is 2. The average molecular weight is 370 g/mol. The molecule has 5 heteroatoms. The molecule has 0 radical (unpaired) electrons. The number of aryl methyl sites for hydroxylation is 1. The molecule has 0 aliphatic heterocycles. The molecule has 0 saturated heterocycles. The number of ether oxygens (including phenoxy) is 1. The summed E-state index contributed by atoms with van der Waals surface area (Å²) >= 11 is 9.65. The van der Waals surface area contributed by atoms with Crippen molar-refractivity contribution in [2.45, 2.75) is 33.1 Å². The zero-order valence-electron chi connectivity index (χ0n) is 12.2. The zero-order valence-corrected chi connectivity index (χ0v) is 14.5. The summed E-state index contributed by atoms with van der Waals surface area (Å²) in [4.78, 5) is 8.98. The monoisotopic (exact) mass is 368 g/mol. The summed E-state index contributed by atoms with van der Waals surface area (Å²) in [5.74, 6) is 1.46. The SMILES string of the molecule is CCCOc1cccc(-c2nc(Cl)c(Br)c(CCC)n2)c1. The molecule has 0 unspecified atom stereocenters. The van der Waals surface area contributed by atoms with Gasteiger partial charge in [0.2, 0.25) is 0 Å². The van der Waals surface area contributed by atoms with Crippen molar-refractivity contribution in [1.29, 1.82) is 0 Å². The zero-order chi connectivity index (χ0) is 15.2. The Kier molecular flexibility index (Phi) is 6.00. The lowest BCUT2D eigenvalue weighted by Crippen LogP contribution is -1.99. The molecule has 0 fully saturated rings. The Morgan fingerprint density at radius 1 is 1.19 bits per heavy atom. The van der Waals surface area contributed by atoms with Gasteiger partial charge in [0.15, 0.2) is 5.82 Å². The second-order valence-electron chi connectivity index (χ2n) is 4.72. The quantitative estimate of drug-likeness (QED) is 0.648. The minimum atomic E-state index is 0.448. The summed E-state index contributed by atoms with van der Waals surface area (Å²) < 4.78 is 6.44. The minimum absolute atomic E-state index is 0.448. The van der Waals surface area contributed by atoms with E-state index in [9.17, 15) is 0 Å². The van der Waals surface area contributed by atoms with Crippen LogP contribution >= 0.6 is 27.5 Å². The van der Waals surface area contributed by atoms with Crippen LogP contribution in [0.3, 0.4) is 0 Å². The number of hydrogen-bond donors (Lipinski definition) is 0. The molecule has 0 N–H and O–H groups in total. The standard InChI is InChI=1S/C16H18BrClN2O/c1-3-6-13-14(17)15(18)20-16(19-13)11-7-5-8-12(10-11)21-9-4-2/h5,7-8,10H,3-4,6,9H2,1-2H3. The highest BCUT2D eigenvalue weighted by Crippen LogP contribution is 2.29. The topological polar surface area (TPSA) is 35.0 Å². The number of nitrogens with zero attached hydrogens (tertiary/aromatic N) is 2. The largest absolute Gasteiger partial charge is 0.494 e. The van der Waals surface area contributed by atoms with Crippen LogP contribution in [0.1, 0.15) is 32.4 Å². The van der Waals surface area contributed by atoms with Crippen molar-refractivity contribution >= 4 is 27.5 Å². The first-order chi connectivity index (χ1) is 10.2. The Morgan fingerprint density at radius 2 is 2.00 bits per heavy atom. The van der Waals surface area contributed by atoms with Crippen molar-refractivity contribution < 1.29 is 4.74 Å². The van der Waals surface area contributed by atoms with Crippen LogP contribution in [-0.4, -0.2) is 16.6 Å². The first-order valence-electron chi connectivity index (χ1n) is 7.10. The van der Waals surface area contributed by atoms with Gasteiger partial charge in [-0.2, -0.15) is 0 Å². The lowest BCUT2D eigenvalue weighted by molar-refractivity contribution is 0.317. The molecule has 1 aromatic carbocycles. The predicted octanol–water partition coefficient (Wildman–Crippen LogP) is 5.30. The van der Waals surface area contributed by atoms with Crippen molar-refractivity contribution in [3.8, 4) is 17.1 Å². The number of benzene rings is 1. The fourth-order valence-electron chi connectivity index (χ4n) is 1.94. The molecule has 21 heavy (non-hydrogen) atoms. The maximum absolute atomic E-state index is 6.20. The average Bonchev–Trinajstić information content (AvgIpc) is 2.50. The summed E-state index contributed by atoms with van der Waals surface area (Å²) in [6, 6.07) is 7.80. The first-order valence-corrected chi connectivity index (χ1v) is 8.28. The van der Waals surface area contributed by atoms with Crippen LogP contribution in [0.15, 0.2) is 28.7 Å². The van der Waals surface area contributed by atoms with Crippen LogP contribution in [0.25, 0.3) is 11.4 Å². The molecule has 0 aliphatic rings. The lowest BCUT2D eigenvalue weighted by atomic mass is 10.2. The van der Waals surface area contributed by atoms with Gasteiger partial charge in [0.25, 0.3) is 0 Å². The molecule has 2 aromatic rings. The van der Waals surface area contributed by atoms with E-state index in [-0.39, 0.29) is 0 Å². The second kappa shape index (κ2) is 7.76.